The van der Waals surface area contributed by atoms with Crippen LogP contribution in [0.25, 0.3) is 0 Å². The van der Waals surface area contributed by atoms with Crippen LogP contribution in [0.2, 0.25) is 0 Å². The van der Waals surface area contributed by atoms with E-state index in [1.165, 1.54) is 11.8 Å². The first-order valence-electron chi connectivity index (χ1n) is 4.02. The number of carbonyl (C=O) groups excluding carboxylic acids is 1. The number of nitrogens with zero attached hydrogens (tertiary/aromatic N) is 2. The molecule has 2 aliphatic heterocycles. The Bertz CT molecular complexity index is 258. The van der Waals surface area contributed by atoms with Crippen LogP contribution in [0.5, 0.6) is 0 Å². The Morgan fingerprint density at radius 1 is 1.38 bits per heavy atom. The molecule has 0 aliphatic carbocycles. The van der Waals surface area contributed by atoms with Crippen LogP contribution in [0.1, 0.15) is 0 Å². The summed E-state index contributed by atoms with van der Waals surface area (Å²) in [6.07, 6.45) is -1.45. The van der Waals surface area contributed by atoms with Gasteiger partial charge in [-0.25, -0.2) is 0 Å². The van der Waals surface area contributed by atoms with Crippen LogP contribution in [0, 0.1) is 0 Å². The number of aliphatic hydroxyl groups is 2. The zero-order valence-corrected chi connectivity index (χ0v) is 7.70. The highest BCUT2D eigenvalue weighted by Gasteiger charge is 2.33. The lowest BCUT2D eigenvalue weighted by Crippen LogP contribution is -2.26. The molecule has 13 heavy (non-hydrogen) atoms. The molecule has 0 saturated carbocycles. The molecule has 2 atom stereocenters. The van der Waals surface area contributed by atoms with Crippen LogP contribution in [-0.4, -0.2) is 57.2 Å². The fraction of sp³-hybridized carbons (Fsp3) is 0.714. The molecule has 1 amide bonds. The largest absolute Gasteiger partial charge is 0.389 e. The standard InChI is InChI=1S/C7H10N2O3S/c10-4-1-9(2-5(4)11)7-8-6(12)3-13-7/h4-5,10-11H,1-3H2. The maximum absolute atomic E-state index is 10.8. The van der Waals surface area contributed by atoms with Crippen molar-refractivity contribution >= 4 is 22.8 Å². The third kappa shape index (κ3) is 1.70. The number of carbonyl (C=O) groups is 1. The Morgan fingerprint density at radius 3 is 2.46 bits per heavy atom. The van der Waals surface area contributed by atoms with E-state index in [2.05, 4.69) is 4.99 Å². The molecule has 72 valence electrons. The lowest BCUT2D eigenvalue weighted by molar-refractivity contribution is -0.115. The van der Waals surface area contributed by atoms with Gasteiger partial charge in [0, 0.05) is 13.1 Å². The Balaban J connectivity index is 2.04. The van der Waals surface area contributed by atoms with Crippen molar-refractivity contribution in [2.24, 2.45) is 4.99 Å². The molecular weight excluding hydrogens is 192 g/mol. The predicted molar refractivity (Wildman–Crippen MR) is 48.5 cm³/mol. The quantitative estimate of drug-likeness (QED) is 0.508. The Hall–Kier alpha value is -0.590. The second-order valence-corrected chi connectivity index (χ2v) is 4.06. The lowest BCUT2D eigenvalue weighted by Gasteiger charge is -2.14. The number of rotatable bonds is 0. The molecule has 1 saturated heterocycles. The topological polar surface area (TPSA) is 73.1 Å². The minimum atomic E-state index is -0.723. The molecular formula is C7H10N2O3S. The highest BCUT2D eigenvalue weighted by atomic mass is 32.2. The summed E-state index contributed by atoms with van der Waals surface area (Å²) in [5.41, 5.74) is 0. The second-order valence-electron chi connectivity index (χ2n) is 3.12. The van der Waals surface area contributed by atoms with E-state index >= 15 is 0 Å². The molecule has 0 aromatic rings. The van der Waals surface area contributed by atoms with Crippen molar-refractivity contribution in [1.82, 2.24) is 4.90 Å². The first-order valence-corrected chi connectivity index (χ1v) is 5.01. The third-order valence-corrected chi connectivity index (χ3v) is 3.07. The average molecular weight is 202 g/mol. The number of aliphatic hydroxyl groups excluding tert-OH is 2. The van der Waals surface area contributed by atoms with E-state index in [0.717, 1.165) is 0 Å². The number of β-amino-alcohol motifs (C(OH)–C–C–N with tert-alkyl or cyclic N) is 2. The number of likely N-dealkylation sites (tertiary alicyclic amines) is 1. The van der Waals surface area contributed by atoms with Gasteiger partial charge in [-0.2, -0.15) is 4.99 Å². The fourth-order valence-electron chi connectivity index (χ4n) is 1.39. The molecule has 2 unspecified atom stereocenters. The molecule has 0 aromatic heterocycles. The number of hydrogen-bond acceptors (Lipinski definition) is 5. The summed E-state index contributed by atoms with van der Waals surface area (Å²) in [7, 11) is 0. The first-order chi connectivity index (χ1) is 6.16. The highest BCUT2D eigenvalue weighted by molar-refractivity contribution is 8.14. The Morgan fingerprint density at radius 2 is 2.00 bits per heavy atom. The van der Waals surface area contributed by atoms with Crippen LogP contribution < -0.4 is 0 Å². The SMILES string of the molecule is O=C1CSC(N2CC(O)C(O)C2)=N1. The molecule has 0 radical (unpaired) electrons. The zero-order valence-electron chi connectivity index (χ0n) is 6.88. The van der Waals surface area contributed by atoms with Crippen molar-refractivity contribution in [2.75, 3.05) is 18.8 Å². The van der Waals surface area contributed by atoms with E-state index in [1.54, 1.807) is 4.90 Å². The van der Waals surface area contributed by atoms with E-state index in [1.807, 2.05) is 0 Å². The molecule has 2 heterocycles. The molecule has 0 spiro atoms. The number of thioether (sulfide) groups is 1. The van der Waals surface area contributed by atoms with Crippen LogP contribution in [0.3, 0.4) is 0 Å². The number of amides is 1. The molecule has 1 fully saturated rings. The predicted octanol–water partition coefficient (Wildman–Crippen LogP) is -1.35. The van der Waals surface area contributed by atoms with Crippen molar-refractivity contribution < 1.29 is 15.0 Å². The summed E-state index contributed by atoms with van der Waals surface area (Å²) in [5, 5.41) is 19.1. The summed E-state index contributed by atoms with van der Waals surface area (Å²) in [6, 6.07) is 0. The minimum Gasteiger partial charge on any atom is -0.389 e. The van der Waals surface area contributed by atoms with Crippen molar-refractivity contribution in [2.45, 2.75) is 12.2 Å². The van der Waals surface area contributed by atoms with E-state index < -0.39 is 12.2 Å². The van der Waals surface area contributed by atoms with Crippen LogP contribution in [0.15, 0.2) is 4.99 Å². The number of amidine groups is 1. The van der Waals surface area contributed by atoms with Gasteiger partial charge in [-0.3, -0.25) is 4.79 Å². The zero-order chi connectivity index (χ0) is 9.42. The van der Waals surface area contributed by atoms with Gasteiger partial charge >= 0.3 is 0 Å². The van der Waals surface area contributed by atoms with E-state index in [0.29, 0.717) is 24.0 Å². The second kappa shape index (κ2) is 3.28. The molecule has 0 bridgehead atoms. The van der Waals surface area contributed by atoms with Crippen molar-refractivity contribution in [3.8, 4) is 0 Å². The summed E-state index contributed by atoms with van der Waals surface area (Å²) in [5.74, 6) is 0.230. The monoisotopic (exact) mass is 202 g/mol. The maximum Gasteiger partial charge on any atom is 0.258 e. The van der Waals surface area contributed by atoms with Crippen molar-refractivity contribution in [3.63, 3.8) is 0 Å². The average Bonchev–Trinajstić information content (AvgIpc) is 2.61. The molecule has 6 heteroatoms. The minimum absolute atomic E-state index is 0.143. The molecule has 0 aromatic carbocycles. The van der Waals surface area contributed by atoms with Gasteiger partial charge in [0.15, 0.2) is 5.17 Å². The number of aliphatic imine (C=N–C) groups is 1. The van der Waals surface area contributed by atoms with Gasteiger partial charge in [0.25, 0.3) is 5.91 Å². The van der Waals surface area contributed by atoms with Crippen LogP contribution in [0.4, 0.5) is 0 Å². The van der Waals surface area contributed by atoms with E-state index in [9.17, 15) is 15.0 Å². The van der Waals surface area contributed by atoms with Crippen LogP contribution >= 0.6 is 11.8 Å². The van der Waals surface area contributed by atoms with E-state index in [4.69, 9.17) is 0 Å². The smallest absolute Gasteiger partial charge is 0.258 e. The van der Waals surface area contributed by atoms with Gasteiger partial charge < -0.3 is 15.1 Å². The summed E-state index contributed by atoms with van der Waals surface area (Å²) in [6.45, 7) is 0.723. The lowest BCUT2D eigenvalue weighted by atomic mass is 10.3. The fourth-order valence-corrected chi connectivity index (χ4v) is 2.20. The van der Waals surface area contributed by atoms with E-state index in [-0.39, 0.29) is 5.91 Å². The summed E-state index contributed by atoms with van der Waals surface area (Å²) >= 11 is 1.36. The molecule has 2 N–H and O–H groups in total. The van der Waals surface area contributed by atoms with Gasteiger partial charge in [-0.1, -0.05) is 11.8 Å². The summed E-state index contributed by atoms with van der Waals surface area (Å²) in [4.78, 5) is 16.3. The molecule has 5 nitrogen and oxygen atoms in total. The van der Waals surface area contributed by atoms with Crippen molar-refractivity contribution in [1.29, 1.82) is 0 Å². The normalized spacial score (nSPS) is 34.2. The molecule has 2 aliphatic rings. The Labute approximate surface area is 79.4 Å². The van der Waals surface area contributed by atoms with Crippen molar-refractivity contribution in [3.05, 3.63) is 0 Å². The highest BCUT2D eigenvalue weighted by Crippen LogP contribution is 2.21. The summed E-state index contributed by atoms with van der Waals surface area (Å²) < 4.78 is 0. The maximum atomic E-state index is 10.8. The Kier molecular flexibility index (Phi) is 2.27. The van der Waals surface area contributed by atoms with Gasteiger partial charge in [0.1, 0.15) is 0 Å². The first kappa shape index (κ1) is 8.98. The van der Waals surface area contributed by atoms with Gasteiger partial charge in [-0.05, 0) is 0 Å². The van der Waals surface area contributed by atoms with Gasteiger partial charge in [0.2, 0.25) is 0 Å². The van der Waals surface area contributed by atoms with Crippen LogP contribution in [-0.2, 0) is 4.79 Å². The van der Waals surface area contributed by atoms with Gasteiger partial charge in [-0.15, -0.1) is 0 Å². The third-order valence-electron chi connectivity index (χ3n) is 2.07. The number of hydrogen-bond donors (Lipinski definition) is 2. The molecule has 2 rings (SSSR count). The van der Waals surface area contributed by atoms with Gasteiger partial charge in [0.05, 0.1) is 18.0 Å².